The minimum Gasteiger partial charge on any atom is -0.388 e. The van der Waals surface area contributed by atoms with Crippen LogP contribution >= 0.6 is 0 Å². The molecule has 7 heteroatoms. The zero-order chi connectivity index (χ0) is 8.48. The number of carbonyl (C=O) groups is 1. The number of nitrogens with one attached hydrogen (secondary N) is 1. The van der Waals surface area contributed by atoms with Crippen molar-refractivity contribution in [3.8, 4) is 0 Å². The van der Waals surface area contributed by atoms with Crippen LogP contribution in [0.1, 0.15) is 0 Å². The molecule has 11 heavy (non-hydrogen) atoms. The molecule has 0 bridgehead atoms. The van der Waals surface area contributed by atoms with Crippen molar-refractivity contribution in [3.63, 3.8) is 0 Å². The summed E-state index contributed by atoms with van der Waals surface area (Å²) in [5, 5.41) is 8.40. The number of aliphatic hydroxyl groups is 1. The third kappa shape index (κ3) is 1.92. The van der Waals surface area contributed by atoms with Gasteiger partial charge in [-0.25, -0.2) is 4.72 Å². The molecule has 1 aliphatic rings. The summed E-state index contributed by atoms with van der Waals surface area (Å²) < 4.78 is 26.7. The molecule has 1 rings (SSSR count). The van der Waals surface area contributed by atoms with Crippen LogP contribution in [0.5, 0.6) is 0 Å². The molecule has 6 nitrogen and oxygen atoms in total. The maximum absolute atomic E-state index is 10.5. The lowest BCUT2D eigenvalue weighted by Crippen LogP contribution is -2.35. The number of hydrogen-bond donors (Lipinski definition) is 2. The molecule has 0 aromatic heterocycles. The van der Waals surface area contributed by atoms with E-state index < -0.39 is 22.8 Å². The van der Waals surface area contributed by atoms with Crippen LogP contribution in [0.15, 0.2) is 11.8 Å². The van der Waals surface area contributed by atoms with Crippen LogP contribution in [0.3, 0.4) is 0 Å². The Balaban J connectivity index is 2.96. The first-order valence-corrected chi connectivity index (χ1v) is 4.02. The van der Waals surface area contributed by atoms with E-state index in [4.69, 9.17) is 5.11 Å². The van der Waals surface area contributed by atoms with Crippen LogP contribution in [0.25, 0.3) is 0 Å². The van der Waals surface area contributed by atoms with Crippen LogP contribution in [-0.2, 0) is 19.3 Å². The second kappa shape index (κ2) is 2.51. The summed E-state index contributed by atoms with van der Waals surface area (Å²) in [6.07, 6.45) is 0.862. The fourth-order valence-corrected chi connectivity index (χ4v) is 1.29. The molecule has 0 aromatic rings. The van der Waals surface area contributed by atoms with Crippen molar-refractivity contribution in [1.82, 2.24) is 4.72 Å². The molecule has 0 saturated heterocycles. The van der Waals surface area contributed by atoms with Crippen molar-refractivity contribution >= 4 is 16.2 Å². The van der Waals surface area contributed by atoms with Crippen molar-refractivity contribution in [2.24, 2.45) is 0 Å². The topological polar surface area (TPSA) is 92.7 Å². The van der Waals surface area contributed by atoms with Gasteiger partial charge in [0.15, 0.2) is 5.76 Å². The van der Waals surface area contributed by atoms with Gasteiger partial charge in [-0.3, -0.25) is 4.79 Å². The zero-order valence-corrected chi connectivity index (χ0v) is 6.09. The Morgan fingerprint density at radius 2 is 2.27 bits per heavy atom. The molecule has 1 amide bonds. The van der Waals surface area contributed by atoms with Gasteiger partial charge < -0.3 is 9.29 Å². The highest BCUT2D eigenvalue weighted by Crippen LogP contribution is 2.05. The molecule has 1 aliphatic heterocycles. The molecule has 1 heterocycles. The number of amides is 1. The van der Waals surface area contributed by atoms with Gasteiger partial charge in [-0.05, 0) is 0 Å². The smallest absolute Gasteiger partial charge is 0.388 e. The Morgan fingerprint density at radius 3 is 2.73 bits per heavy atom. The predicted octanol–water partition coefficient (Wildman–Crippen LogP) is -1.75. The van der Waals surface area contributed by atoms with Gasteiger partial charge in [0.2, 0.25) is 0 Å². The van der Waals surface area contributed by atoms with Gasteiger partial charge in [0.1, 0.15) is 6.61 Å². The number of rotatable bonds is 1. The molecule has 0 radical (unpaired) electrons. The monoisotopic (exact) mass is 179 g/mol. The molecule has 0 fully saturated rings. The maximum Gasteiger partial charge on any atom is 0.409 e. The largest absolute Gasteiger partial charge is 0.409 e. The van der Waals surface area contributed by atoms with E-state index in [9.17, 15) is 13.2 Å². The van der Waals surface area contributed by atoms with E-state index in [1.807, 2.05) is 0 Å². The van der Waals surface area contributed by atoms with Crippen molar-refractivity contribution in [2.45, 2.75) is 0 Å². The molecule has 0 aliphatic carbocycles. The Morgan fingerprint density at radius 1 is 1.64 bits per heavy atom. The van der Waals surface area contributed by atoms with E-state index in [-0.39, 0.29) is 5.76 Å². The standard InChI is InChI=1S/C4H5NO5S/c6-2-3-1-4(7)5-11(8,9)10-3/h1,6H,2H2,(H,5,7). The van der Waals surface area contributed by atoms with Gasteiger partial charge in [-0.15, -0.1) is 0 Å². The van der Waals surface area contributed by atoms with Crippen LogP contribution < -0.4 is 4.72 Å². The van der Waals surface area contributed by atoms with E-state index in [0.717, 1.165) is 6.08 Å². The van der Waals surface area contributed by atoms with Gasteiger partial charge in [0.05, 0.1) is 0 Å². The summed E-state index contributed by atoms with van der Waals surface area (Å²) in [4.78, 5) is 10.5. The van der Waals surface area contributed by atoms with Crippen LogP contribution in [-0.4, -0.2) is 26.0 Å². The van der Waals surface area contributed by atoms with Gasteiger partial charge in [-0.2, -0.15) is 8.42 Å². The zero-order valence-electron chi connectivity index (χ0n) is 5.27. The van der Waals surface area contributed by atoms with Crippen LogP contribution in [0, 0.1) is 0 Å². The molecule has 62 valence electrons. The molecular formula is C4H5NO5S. The highest BCUT2D eigenvalue weighted by molar-refractivity contribution is 7.85. The van der Waals surface area contributed by atoms with Crippen LogP contribution in [0.4, 0.5) is 0 Å². The van der Waals surface area contributed by atoms with Gasteiger partial charge in [0, 0.05) is 6.08 Å². The van der Waals surface area contributed by atoms with Crippen molar-refractivity contribution in [1.29, 1.82) is 0 Å². The summed E-state index contributed by atoms with van der Waals surface area (Å²) in [7, 11) is -4.02. The lowest BCUT2D eigenvalue weighted by molar-refractivity contribution is -0.115. The summed E-state index contributed by atoms with van der Waals surface area (Å²) in [6, 6.07) is 0. The first-order chi connectivity index (χ1) is 5.03. The highest BCUT2D eigenvalue weighted by atomic mass is 32.2. The maximum atomic E-state index is 10.5. The van der Waals surface area contributed by atoms with Crippen molar-refractivity contribution < 1.29 is 22.5 Å². The summed E-state index contributed by atoms with van der Waals surface area (Å²) in [6.45, 7) is -0.618. The summed E-state index contributed by atoms with van der Waals surface area (Å²) in [5.41, 5.74) is 0. The summed E-state index contributed by atoms with van der Waals surface area (Å²) in [5.74, 6) is -1.10. The second-order valence-corrected chi connectivity index (χ2v) is 3.05. The highest BCUT2D eigenvalue weighted by Gasteiger charge is 2.22. The van der Waals surface area contributed by atoms with Gasteiger partial charge in [-0.1, -0.05) is 0 Å². The fourth-order valence-electron chi connectivity index (χ4n) is 0.557. The molecule has 0 aromatic carbocycles. The minimum atomic E-state index is -4.02. The van der Waals surface area contributed by atoms with Crippen LogP contribution in [0.2, 0.25) is 0 Å². The summed E-state index contributed by atoms with van der Waals surface area (Å²) >= 11 is 0. The predicted molar refractivity (Wildman–Crippen MR) is 33.3 cm³/mol. The Kier molecular flexibility index (Phi) is 1.83. The quantitative estimate of drug-likeness (QED) is 0.498. The average Bonchev–Trinajstić information content (AvgIpc) is 1.83. The lowest BCUT2D eigenvalue weighted by atomic mass is 10.4. The number of hydrogen-bond acceptors (Lipinski definition) is 5. The second-order valence-electron chi connectivity index (χ2n) is 1.77. The van der Waals surface area contributed by atoms with Gasteiger partial charge in [0.25, 0.3) is 5.91 Å². The Hall–Kier alpha value is -1.08. The number of carbonyl (C=O) groups excluding carboxylic acids is 1. The Labute approximate surface area is 62.7 Å². The SMILES string of the molecule is O=C1C=C(CO)OS(=O)(=O)N1. The number of aliphatic hydroxyl groups excluding tert-OH is 1. The first-order valence-electron chi connectivity index (χ1n) is 2.61. The first kappa shape index (κ1) is 8.02. The Bertz CT molecular complexity index is 302. The van der Waals surface area contributed by atoms with E-state index in [0.29, 0.717) is 0 Å². The molecule has 2 N–H and O–H groups in total. The van der Waals surface area contributed by atoms with Crippen molar-refractivity contribution in [2.75, 3.05) is 6.61 Å². The molecular weight excluding hydrogens is 174 g/mol. The van der Waals surface area contributed by atoms with E-state index in [2.05, 4.69) is 4.18 Å². The normalized spacial score (nSPS) is 21.5. The fraction of sp³-hybridized carbons (Fsp3) is 0.250. The van der Waals surface area contributed by atoms with Gasteiger partial charge >= 0.3 is 10.3 Å². The molecule has 0 unspecified atom stereocenters. The molecule has 0 spiro atoms. The van der Waals surface area contributed by atoms with E-state index >= 15 is 0 Å². The third-order valence-electron chi connectivity index (χ3n) is 0.890. The van der Waals surface area contributed by atoms with E-state index in [1.54, 1.807) is 4.72 Å². The molecule has 0 atom stereocenters. The third-order valence-corrected chi connectivity index (χ3v) is 1.77. The molecule has 0 saturated carbocycles. The average molecular weight is 179 g/mol. The van der Waals surface area contributed by atoms with E-state index in [1.165, 1.54) is 0 Å². The minimum absolute atomic E-state index is 0.284. The lowest BCUT2D eigenvalue weighted by Gasteiger charge is -2.12. The van der Waals surface area contributed by atoms with Crippen molar-refractivity contribution in [3.05, 3.63) is 11.8 Å².